The fourth-order valence-electron chi connectivity index (χ4n) is 1.86. The van der Waals surface area contributed by atoms with Crippen LogP contribution in [0.1, 0.15) is 17.7 Å². The number of hydrogen-bond donors (Lipinski definition) is 1. The maximum absolute atomic E-state index is 11.8. The van der Waals surface area contributed by atoms with E-state index < -0.39 is 0 Å². The predicted molar refractivity (Wildman–Crippen MR) is 73.5 cm³/mol. The fourth-order valence-corrected chi connectivity index (χ4v) is 1.86. The Labute approximate surface area is 107 Å². The van der Waals surface area contributed by atoms with E-state index in [1.54, 1.807) is 0 Å². The number of hydrogen-bond acceptors (Lipinski definition) is 1. The lowest BCUT2D eigenvalue weighted by molar-refractivity contribution is -0.116. The first kappa shape index (κ1) is 12.4. The summed E-state index contributed by atoms with van der Waals surface area (Å²) in [6, 6.07) is 11.9. The van der Waals surface area contributed by atoms with Gasteiger partial charge in [-0.25, -0.2) is 0 Å². The van der Waals surface area contributed by atoms with Crippen LogP contribution in [0.3, 0.4) is 0 Å². The Bertz CT molecular complexity index is 526. The molecule has 18 heavy (non-hydrogen) atoms. The van der Waals surface area contributed by atoms with Gasteiger partial charge in [0.05, 0.1) is 0 Å². The second kappa shape index (κ2) is 5.54. The number of amides is 1. The number of nitrogens with one attached hydrogen (secondary N) is 1. The van der Waals surface area contributed by atoms with Gasteiger partial charge in [-0.15, -0.1) is 0 Å². The van der Waals surface area contributed by atoms with E-state index in [1.807, 2.05) is 61.1 Å². The molecule has 0 saturated heterocycles. The number of benzene rings is 1. The monoisotopic (exact) mass is 242 g/mol. The molecule has 0 atom stereocenters. The standard InChI is InChI=1S/C15H18N2O/c1-12-5-7-13(8-6-12)16-15(18)10-9-14-4-3-11-17(14)2/h3-8,11H,9-10H2,1-2H3,(H,16,18). The van der Waals surface area contributed by atoms with Crippen LogP contribution in [-0.4, -0.2) is 10.5 Å². The van der Waals surface area contributed by atoms with Gasteiger partial charge < -0.3 is 9.88 Å². The summed E-state index contributed by atoms with van der Waals surface area (Å²) < 4.78 is 2.04. The van der Waals surface area contributed by atoms with E-state index in [2.05, 4.69) is 5.32 Å². The summed E-state index contributed by atoms with van der Waals surface area (Å²) in [6.07, 6.45) is 3.26. The first-order valence-corrected chi connectivity index (χ1v) is 6.12. The molecule has 94 valence electrons. The molecule has 0 aliphatic carbocycles. The van der Waals surface area contributed by atoms with Gasteiger partial charge in [0, 0.05) is 31.0 Å². The van der Waals surface area contributed by atoms with Crippen molar-refractivity contribution >= 4 is 11.6 Å². The van der Waals surface area contributed by atoms with Crippen molar-refractivity contribution < 1.29 is 4.79 Å². The average Bonchev–Trinajstić information content (AvgIpc) is 2.75. The third-order valence-electron chi connectivity index (χ3n) is 2.99. The normalized spacial score (nSPS) is 10.3. The topological polar surface area (TPSA) is 34.0 Å². The van der Waals surface area contributed by atoms with Gasteiger partial charge in [0.2, 0.25) is 5.91 Å². The molecule has 1 heterocycles. The smallest absolute Gasteiger partial charge is 0.224 e. The maximum Gasteiger partial charge on any atom is 0.224 e. The van der Waals surface area contributed by atoms with Crippen LogP contribution in [0.5, 0.6) is 0 Å². The Morgan fingerprint density at radius 3 is 2.56 bits per heavy atom. The van der Waals surface area contributed by atoms with Crippen LogP contribution in [0.2, 0.25) is 0 Å². The highest BCUT2D eigenvalue weighted by Crippen LogP contribution is 2.10. The fraction of sp³-hybridized carbons (Fsp3) is 0.267. The van der Waals surface area contributed by atoms with Crippen molar-refractivity contribution in [3.8, 4) is 0 Å². The summed E-state index contributed by atoms with van der Waals surface area (Å²) in [5, 5.41) is 2.90. The van der Waals surface area contributed by atoms with Gasteiger partial charge in [0.25, 0.3) is 0 Å². The van der Waals surface area contributed by atoms with Gasteiger partial charge >= 0.3 is 0 Å². The Balaban J connectivity index is 1.86. The Morgan fingerprint density at radius 2 is 1.94 bits per heavy atom. The Hall–Kier alpha value is -2.03. The number of nitrogens with zero attached hydrogens (tertiary/aromatic N) is 1. The second-order valence-corrected chi connectivity index (χ2v) is 4.52. The molecule has 0 fully saturated rings. The first-order valence-electron chi connectivity index (χ1n) is 6.12. The van der Waals surface area contributed by atoms with E-state index in [1.165, 1.54) is 11.3 Å². The largest absolute Gasteiger partial charge is 0.354 e. The maximum atomic E-state index is 11.8. The van der Waals surface area contributed by atoms with E-state index in [0.717, 1.165) is 12.1 Å². The van der Waals surface area contributed by atoms with Gasteiger partial charge in [-0.2, -0.15) is 0 Å². The van der Waals surface area contributed by atoms with Gasteiger partial charge in [0.1, 0.15) is 0 Å². The Morgan fingerprint density at radius 1 is 1.22 bits per heavy atom. The molecule has 1 N–H and O–H groups in total. The number of carbonyl (C=O) groups excluding carboxylic acids is 1. The van der Waals surface area contributed by atoms with Gasteiger partial charge in [-0.05, 0) is 37.6 Å². The van der Waals surface area contributed by atoms with E-state index in [4.69, 9.17) is 0 Å². The zero-order valence-corrected chi connectivity index (χ0v) is 10.8. The lowest BCUT2D eigenvalue weighted by Crippen LogP contribution is -2.13. The minimum Gasteiger partial charge on any atom is -0.354 e. The highest BCUT2D eigenvalue weighted by Gasteiger charge is 2.04. The summed E-state index contributed by atoms with van der Waals surface area (Å²) in [4.78, 5) is 11.8. The van der Waals surface area contributed by atoms with Gasteiger partial charge in [-0.1, -0.05) is 17.7 Å². The molecule has 1 aromatic heterocycles. The molecule has 0 aliphatic rings. The molecule has 3 nitrogen and oxygen atoms in total. The number of anilines is 1. The van der Waals surface area contributed by atoms with E-state index in [9.17, 15) is 4.79 Å². The quantitative estimate of drug-likeness (QED) is 0.878. The summed E-state index contributed by atoms with van der Waals surface area (Å²) in [7, 11) is 1.99. The van der Waals surface area contributed by atoms with E-state index in [-0.39, 0.29) is 5.91 Å². The van der Waals surface area contributed by atoms with Crippen LogP contribution in [0, 0.1) is 6.92 Å². The molecule has 0 bridgehead atoms. The molecular formula is C15H18N2O. The van der Waals surface area contributed by atoms with Crippen LogP contribution in [0.15, 0.2) is 42.6 Å². The zero-order chi connectivity index (χ0) is 13.0. The summed E-state index contributed by atoms with van der Waals surface area (Å²) >= 11 is 0. The van der Waals surface area contributed by atoms with Crippen LogP contribution < -0.4 is 5.32 Å². The zero-order valence-electron chi connectivity index (χ0n) is 10.8. The van der Waals surface area contributed by atoms with E-state index >= 15 is 0 Å². The van der Waals surface area contributed by atoms with Crippen molar-refractivity contribution in [2.24, 2.45) is 7.05 Å². The van der Waals surface area contributed by atoms with Crippen molar-refractivity contribution in [1.82, 2.24) is 4.57 Å². The third kappa shape index (κ3) is 3.23. The lowest BCUT2D eigenvalue weighted by Gasteiger charge is -2.06. The summed E-state index contributed by atoms with van der Waals surface area (Å²) in [6.45, 7) is 2.03. The lowest BCUT2D eigenvalue weighted by atomic mass is 10.2. The first-order chi connectivity index (χ1) is 8.65. The Kier molecular flexibility index (Phi) is 3.82. The second-order valence-electron chi connectivity index (χ2n) is 4.52. The van der Waals surface area contributed by atoms with Crippen molar-refractivity contribution in [1.29, 1.82) is 0 Å². The molecule has 2 rings (SSSR count). The van der Waals surface area contributed by atoms with Crippen LogP contribution in [0.25, 0.3) is 0 Å². The molecule has 0 unspecified atom stereocenters. The molecule has 3 heteroatoms. The highest BCUT2D eigenvalue weighted by atomic mass is 16.1. The highest BCUT2D eigenvalue weighted by molar-refractivity contribution is 5.90. The van der Waals surface area contributed by atoms with Gasteiger partial charge in [0.15, 0.2) is 0 Å². The molecule has 0 radical (unpaired) electrons. The molecule has 0 spiro atoms. The number of aryl methyl sites for hydroxylation is 3. The van der Waals surface area contributed by atoms with Crippen molar-refractivity contribution in [3.05, 3.63) is 53.9 Å². The van der Waals surface area contributed by atoms with Crippen LogP contribution in [-0.2, 0) is 18.3 Å². The molecule has 1 amide bonds. The van der Waals surface area contributed by atoms with Crippen molar-refractivity contribution in [2.45, 2.75) is 19.8 Å². The number of aromatic nitrogens is 1. The molecular weight excluding hydrogens is 224 g/mol. The average molecular weight is 242 g/mol. The van der Waals surface area contributed by atoms with Crippen molar-refractivity contribution in [2.75, 3.05) is 5.32 Å². The molecule has 0 saturated carbocycles. The third-order valence-corrected chi connectivity index (χ3v) is 2.99. The van der Waals surface area contributed by atoms with Crippen LogP contribution >= 0.6 is 0 Å². The molecule has 2 aromatic rings. The van der Waals surface area contributed by atoms with Crippen molar-refractivity contribution in [3.63, 3.8) is 0 Å². The summed E-state index contributed by atoms with van der Waals surface area (Å²) in [5.74, 6) is 0.0556. The molecule has 1 aromatic carbocycles. The van der Waals surface area contributed by atoms with Gasteiger partial charge in [-0.3, -0.25) is 4.79 Å². The SMILES string of the molecule is Cc1ccc(NC(=O)CCc2cccn2C)cc1. The van der Waals surface area contributed by atoms with E-state index in [0.29, 0.717) is 6.42 Å². The molecule has 0 aliphatic heterocycles. The number of carbonyl (C=O) groups is 1. The number of rotatable bonds is 4. The summed E-state index contributed by atoms with van der Waals surface area (Å²) in [5.41, 5.74) is 3.23. The predicted octanol–water partition coefficient (Wildman–Crippen LogP) is 2.90. The van der Waals surface area contributed by atoms with Crippen LogP contribution in [0.4, 0.5) is 5.69 Å². The minimum atomic E-state index is 0.0556. The minimum absolute atomic E-state index is 0.0556.